The van der Waals surface area contributed by atoms with Crippen LogP contribution in [0.15, 0.2) is 42.0 Å². The molecule has 11 heteroatoms. The number of carbonyl (C=O) groups excluding carboxylic acids is 2. The lowest BCUT2D eigenvalue weighted by molar-refractivity contribution is -0.662. The Labute approximate surface area is 188 Å². The predicted molar refractivity (Wildman–Crippen MR) is 113 cm³/mol. The van der Waals surface area contributed by atoms with Crippen molar-refractivity contribution in [2.24, 2.45) is 0 Å². The van der Waals surface area contributed by atoms with Gasteiger partial charge in [-0.25, -0.2) is 18.6 Å². The van der Waals surface area contributed by atoms with Crippen molar-refractivity contribution >= 4 is 35.4 Å². The number of aromatic nitrogens is 2. The van der Waals surface area contributed by atoms with Gasteiger partial charge >= 0.3 is 12.1 Å². The smallest absolute Gasteiger partial charge is 0.408 e. The highest BCUT2D eigenvalue weighted by Crippen LogP contribution is 2.40. The summed E-state index contributed by atoms with van der Waals surface area (Å²) in [5, 5.41) is 21.0. The number of hydrogen-bond donors (Lipinski definition) is 2. The van der Waals surface area contributed by atoms with E-state index in [9.17, 15) is 19.5 Å². The van der Waals surface area contributed by atoms with Crippen molar-refractivity contribution in [1.29, 1.82) is 5.26 Å². The molecule has 10 nitrogen and oxygen atoms in total. The number of imidazole rings is 1. The number of aliphatic carboxylic acids is 1. The molecule has 4 rings (SSSR count). The molecule has 2 atom stereocenters. The molecule has 2 aromatic rings. The third-order valence-electron chi connectivity index (χ3n) is 5.07. The van der Waals surface area contributed by atoms with Gasteiger partial charge < -0.3 is 15.2 Å². The summed E-state index contributed by atoms with van der Waals surface area (Å²) in [6.07, 6.45) is 4.56. The van der Waals surface area contributed by atoms with Crippen LogP contribution in [0.25, 0.3) is 5.65 Å². The van der Waals surface area contributed by atoms with Crippen molar-refractivity contribution in [3.63, 3.8) is 0 Å². The Morgan fingerprint density at radius 2 is 2.16 bits per heavy atom. The number of pyridine rings is 1. The molecule has 2 amide bonds. The molecular weight excluding hydrogens is 434 g/mol. The first-order chi connectivity index (χ1) is 15.1. The topological polar surface area (TPSA) is 128 Å². The lowest BCUT2D eigenvalue weighted by Gasteiger charge is -2.49. The number of β-lactam (4-membered cyclic amide) rings is 1. The average Bonchev–Trinajstić information content (AvgIpc) is 3.12. The van der Waals surface area contributed by atoms with Crippen LogP contribution >= 0.6 is 11.8 Å². The van der Waals surface area contributed by atoms with Gasteiger partial charge in [-0.1, -0.05) is 0 Å². The number of alkyl carbamates (subject to hydrolysis) is 1. The van der Waals surface area contributed by atoms with Crippen LogP contribution in [0.3, 0.4) is 0 Å². The second-order valence-corrected chi connectivity index (χ2v) is 9.62. The van der Waals surface area contributed by atoms with E-state index in [1.54, 1.807) is 55.9 Å². The predicted octanol–water partition coefficient (Wildman–Crippen LogP) is 1.25. The van der Waals surface area contributed by atoms with Gasteiger partial charge in [0.05, 0.1) is 5.56 Å². The normalized spacial score (nSPS) is 20.4. The molecule has 32 heavy (non-hydrogen) atoms. The number of rotatable bonds is 4. The molecule has 0 unspecified atom stereocenters. The highest BCUT2D eigenvalue weighted by Gasteiger charge is 2.54. The quantitative estimate of drug-likeness (QED) is 0.523. The highest BCUT2D eigenvalue weighted by atomic mass is 32.2. The third kappa shape index (κ3) is 3.89. The fraction of sp³-hybridized carbons (Fsp3) is 0.381. The molecule has 0 aliphatic carbocycles. The number of amides is 2. The zero-order chi connectivity index (χ0) is 23.2. The van der Waals surface area contributed by atoms with Crippen molar-refractivity contribution < 1.29 is 28.8 Å². The van der Waals surface area contributed by atoms with E-state index in [4.69, 9.17) is 10.00 Å². The van der Waals surface area contributed by atoms with Crippen molar-refractivity contribution in [2.45, 2.75) is 44.3 Å². The van der Waals surface area contributed by atoms with Gasteiger partial charge in [-0.05, 0) is 26.8 Å². The molecular formula is C21H22N5O5S+. The molecule has 4 heterocycles. The lowest BCUT2D eigenvalue weighted by Crippen LogP contribution is -2.71. The number of thioether (sulfide) groups is 1. The van der Waals surface area contributed by atoms with E-state index in [2.05, 4.69) is 11.4 Å². The number of hydrogen-bond acceptors (Lipinski definition) is 6. The molecule has 1 saturated heterocycles. The van der Waals surface area contributed by atoms with Gasteiger partial charge in [-0.15, -0.1) is 11.8 Å². The Balaban J connectivity index is 1.57. The van der Waals surface area contributed by atoms with Gasteiger partial charge in [-0.2, -0.15) is 5.26 Å². The second kappa shape index (κ2) is 7.87. The monoisotopic (exact) mass is 456 g/mol. The van der Waals surface area contributed by atoms with E-state index in [-0.39, 0.29) is 12.2 Å². The Morgan fingerprint density at radius 1 is 1.41 bits per heavy atom. The van der Waals surface area contributed by atoms with Crippen molar-refractivity contribution in [1.82, 2.24) is 14.6 Å². The first kappa shape index (κ1) is 21.7. The van der Waals surface area contributed by atoms with Crippen LogP contribution in [0.4, 0.5) is 4.79 Å². The maximum absolute atomic E-state index is 12.7. The number of nitriles is 1. The number of fused-ring (bicyclic) bond motifs is 2. The minimum atomic E-state index is -1.19. The largest absolute Gasteiger partial charge is 0.477 e. The van der Waals surface area contributed by atoms with E-state index in [1.807, 2.05) is 4.57 Å². The van der Waals surface area contributed by atoms with Crippen molar-refractivity contribution in [3.05, 3.63) is 47.6 Å². The summed E-state index contributed by atoms with van der Waals surface area (Å²) in [7, 11) is 0. The van der Waals surface area contributed by atoms with E-state index in [0.29, 0.717) is 16.9 Å². The molecule has 0 spiro atoms. The number of nitrogens with zero attached hydrogens (tertiary/aromatic N) is 4. The zero-order valence-corrected chi connectivity index (χ0v) is 18.5. The molecule has 0 radical (unpaired) electrons. The number of ether oxygens (including phenoxy) is 1. The lowest BCUT2D eigenvalue weighted by atomic mass is 10.0. The second-order valence-electron chi connectivity index (χ2n) is 8.51. The maximum Gasteiger partial charge on any atom is 0.408 e. The fourth-order valence-electron chi connectivity index (χ4n) is 3.75. The van der Waals surface area contributed by atoms with E-state index < -0.39 is 35.0 Å². The van der Waals surface area contributed by atoms with Gasteiger partial charge in [0.1, 0.15) is 53.9 Å². The molecule has 2 aromatic heterocycles. The molecule has 0 aromatic carbocycles. The van der Waals surface area contributed by atoms with Crippen molar-refractivity contribution in [2.75, 3.05) is 5.75 Å². The minimum Gasteiger partial charge on any atom is -0.477 e. The SMILES string of the molecule is CC(C)(C)OC(=O)N[C@@H]1C(=O)N2C(C(=O)O)=C(C[n+]3ccn4cc(C#N)ccc43)CS[C@@H]12. The summed E-state index contributed by atoms with van der Waals surface area (Å²) >= 11 is 1.40. The van der Waals surface area contributed by atoms with Gasteiger partial charge in [0, 0.05) is 17.4 Å². The van der Waals surface area contributed by atoms with Crippen LogP contribution in [0.2, 0.25) is 0 Å². The van der Waals surface area contributed by atoms with Crippen LogP contribution in [0.1, 0.15) is 26.3 Å². The summed E-state index contributed by atoms with van der Waals surface area (Å²) in [5.41, 5.74) is 1.12. The third-order valence-corrected chi connectivity index (χ3v) is 6.41. The Kier molecular flexibility index (Phi) is 5.34. The Bertz CT molecular complexity index is 1210. The number of carboxylic acids is 1. The van der Waals surface area contributed by atoms with Crippen LogP contribution in [0, 0.1) is 11.3 Å². The maximum atomic E-state index is 12.7. The summed E-state index contributed by atoms with van der Waals surface area (Å²) in [4.78, 5) is 38.1. The van der Waals surface area contributed by atoms with Crippen molar-refractivity contribution in [3.8, 4) is 6.07 Å². The first-order valence-corrected chi connectivity index (χ1v) is 10.9. The number of carboxylic acid groups (broad SMARTS) is 1. The molecule has 166 valence electrons. The van der Waals surface area contributed by atoms with Gasteiger partial charge in [0.2, 0.25) is 0 Å². The first-order valence-electron chi connectivity index (χ1n) is 9.89. The summed E-state index contributed by atoms with van der Waals surface area (Å²) < 4.78 is 8.86. The van der Waals surface area contributed by atoms with Crippen LogP contribution in [-0.2, 0) is 20.9 Å². The standard InChI is InChI=1S/C21H21N5O5S/c1-21(2,3)31-20(30)23-15-17(27)26-16(19(28)29)13(11-32-18(15)26)10-25-7-6-24-9-12(8-22)4-5-14(24)25/h4-7,9,15,18H,10-11H2,1-3H3,(H-,23,28,29,30)/p+1/t15-,18+/m1/s1. The zero-order valence-electron chi connectivity index (χ0n) is 17.7. The van der Waals surface area contributed by atoms with Crippen LogP contribution in [-0.4, -0.2) is 55.1 Å². The Hall–Kier alpha value is -3.52. The van der Waals surface area contributed by atoms with E-state index >= 15 is 0 Å². The van der Waals surface area contributed by atoms with Gasteiger partial charge in [0.25, 0.3) is 11.6 Å². The summed E-state index contributed by atoms with van der Waals surface area (Å²) in [6, 6.07) is 4.72. The van der Waals surface area contributed by atoms with E-state index in [1.165, 1.54) is 16.7 Å². The minimum absolute atomic E-state index is 0.0542. The molecule has 2 aliphatic rings. The number of carbonyl (C=O) groups is 3. The Morgan fingerprint density at radius 3 is 2.81 bits per heavy atom. The van der Waals surface area contributed by atoms with E-state index in [0.717, 1.165) is 5.65 Å². The molecule has 0 bridgehead atoms. The van der Waals surface area contributed by atoms with Gasteiger partial charge in [0.15, 0.2) is 0 Å². The highest BCUT2D eigenvalue weighted by molar-refractivity contribution is 8.00. The number of nitrogens with one attached hydrogen (secondary N) is 1. The summed E-state index contributed by atoms with van der Waals surface area (Å²) in [5.74, 6) is -1.28. The van der Waals surface area contributed by atoms with Crippen LogP contribution < -0.4 is 9.88 Å². The molecule has 2 aliphatic heterocycles. The molecule has 0 saturated carbocycles. The average molecular weight is 457 g/mol. The van der Waals surface area contributed by atoms with Crippen LogP contribution in [0.5, 0.6) is 0 Å². The fourth-order valence-corrected chi connectivity index (χ4v) is 5.08. The molecule has 2 N–H and O–H groups in total. The van der Waals surface area contributed by atoms with Gasteiger partial charge in [-0.3, -0.25) is 9.69 Å². The summed E-state index contributed by atoms with van der Waals surface area (Å²) in [6.45, 7) is 5.44. The molecule has 1 fully saturated rings.